The van der Waals surface area contributed by atoms with E-state index in [4.69, 9.17) is 5.73 Å². The molecule has 0 aliphatic carbocycles. The van der Waals surface area contributed by atoms with Crippen molar-refractivity contribution in [2.75, 3.05) is 52.9 Å². The molecule has 3 aliphatic heterocycles. The maximum Gasteiger partial charge on any atom is 0.0471 e. The van der Waals surface area contributed by atoms with Crippen molar-refractivity contribution >= 4 is 0 Å². The molecule has 3 saturated heterocycles. The van der Waals surface area contributed by atoms with Crippen molar-refractivity contribution in [3.8, 4) is 0 Å². The standard InChI is InChI=1S/C14H28N4/c1-16-7-5-14(11-15,12-16)18-9-8-17-6-3-2-4-13(17)10-18/h13H,2-12,15H2,1H3. The summed E-state index contributed by atoms with van der Waals surface area (Å²) in [6.45, 7) is 8.26. The molecule has 18 heavy (non-hydrogen) atoms. The first-order valence-corrected chi connectivity index (χ1v) is 7.61. The first-order valence-electron chi connectivity index (χ1n) is 7.61. The zero-order chi connectivity index (χ0) is 12.6. The number of nitrogens with two attached hydrogens (primary N) is 1. The molecule has 2 unspecified atom stereocenters. The minimum Gasteiger partial charge on any atom is -0.329 e. The number of likely N-dealkylation sites (tertiary alicyclic amines) is 1. The molecular weight excluding hydrogens is 224 g/mol. The molecule has 0 bridgehead atoms. The van der Waals surface area contributed by atoms with Gasteiger partial charge in [-0.25, -0.2) is 0 Å². The fourth-order valence-electron chi connectivity index (χ4n) is 4.20. The minimum atomic E-state index is 0.276. The predicted octanol–water partition coefficient (Wildman–Crippen LogP) is 0.190. The lowest BCUT2D eigenvalue weighted by Gasteiger charge is -2.50. The normalized spacial score (nSPS) is 40.0. The molecule has 2 atom stereocenters. The molecular formula is C14H28N4. The second-order valence-electron chi connectivity index (χ2n) is 6.55. The van der Waals surface area contributed by atoms with E-state index < -0.39 is 0 Å². The number of hydrogen-bond acceptors (Lipinski definition) is 4. The van der Waals surface area contributed by atoms with Gasteiger partial charge in [0.2, 0.25) is 0 Å². The van der Waals surface area contributed by atoms with E-state index in [2.05, 4.69) is 21.7 Å². The average molecular weight is 252 g/mol. The summed E-state index contributed by atoms with van der Waals surface area (Å²) in [6.07, 6.45) is 5.48. The van der Waals surface area contributed by atoms with E-state index in [1.165, 1.54) is 58.4 Å². The van der Waals surface area contributed by atoms with Crippen LogP contribution in [0.4, 0.5) is 0 Å². The van der Waals surface area contributed by atoms with Gasteiger partial charge >= 0.3 is 0 Å². The van der Waals surface area contributed by atoms with Crippen molar-refractivity contribution in [2.45, 2.75) is 37.3 Å². The number of fused-ring (bicyclic) bond motifs is 1. The van der Waals surface area contributed by atoms with Gasteiger partial charge in [-0.15, -0.1) is 0 Å². The van der Waals surface area contributed by atoms with Crippen molar-refractivity contribution in [1.82, 2.24) is 14.7 Å². The van der Waals surface area contributed by atoms with E-state index in [1.807, 2.05) is 0 Å². The Hall–Kier alpha value is -0.160. The Morgan fingerprint density at radius 1 is 1.17 bits per heavy atom. The fourth-order valence-corrected chi connectivity index (χ4v) is 4.20. The Morgan fingerprint density at radius 3 is 2.78 bits per heavy atom. The molecule has 2 N–H and O–H groups in total. The Balaban J connectivity index is 1.69. The highest BCUT2D eigenvalue weighted by Crippen LogP contribution is 2.31. The summed E-state index contributed by atoms with van der Waals surface area (Å²) >= 11 is 0. The van der Waals surface area contributed by atoms with Crippen LogP contribution in [0.3, 0.4) is 0 Å². The van der Waals surface area contributed by atoms with Gasteiger partial charge in [-0.1, -0.05) is 6.42 Å². The third-order valence-corrected chi connectivity index (χ3v) is 5.41. The van der Waals surface area contributed by atoms with Gasteiger partial charge in [0.1, 0.15) is 0 Å². The first kappa shape index (κ1) is 12.9. The SMILES string of the molecule is CN1CCC(CN)(N2CCN3CCCCC3C2)C1. The van der Waals surface area contributed by atoms with E-state index in [9.17, 15) is 0 Å². The number of rotatable bonds is 2. The summed E-state index contributed by atoms with van der Waals surface area (Å²) in [6, 6.07) is 0.807. The molecule has 0 aromatic carbocycles. The quantitative estimate of drug-likeness (QED) is 0.761. The van der Waals surface area contributed by atoms with E-state index in [1.54, 1.807) is 0 Å². The Kier molecular flexibility index (Phi) is 3.63. The molecule has 4 heteroatoms. The van der Waals surface area contributed by atoms with E-state index >= 15 is 0 Å². The monoisotopic (exact) mass is 252 g/mol. The number of nitrogens with zero attached hydrogens (tertiary/aromatic N) is 3. The van der Waals surface area contributed by atoms with Crippen LogP contribution in [0.2, 0.25) is 0 Å². The third kappa shape index (κ3) is 2.20. The smallest absolute Gasteiger partial charge is 0.0471 e. The van der Waals surface area contributed by atoms with Crippen molar-refractivity contribution in [2.24, 2.45) is 5.73 Å². The van der Waals surface area contributed by atoms with Crippen molar-refractivity contribution < 1.29 is 0 Å². The summed E-state index contributed by atoms with van der Waals surface area (Å²) in [5.41, 5.74) is 6.42. The summed E-state index contributed by atoms with van der Waals surface area (Å²) in [5, 5.41) is 0. The van der Waals surface area contributed by atoms with Gasteiger partial charge < -0.3 is 10.6 Å². The molecule has 3 rings (SSSR count). The van der Waals surface area contributed by atoms with Crippen LogP contribution in [0.1, 0.15) is 25.7 Å². The molecule has 3 aliphatic rings. The third-order valence-electron chi connectivity index (χ3n) is 5.41. The van der Waals surface area contributed by atoms with Gasteiger partial charge in [0.05, 0.1) is 0 Å². The molecule has 0 aromatic heterocycles. The molecule has 104 valence electrons. The first-order chi connectivity index (χ1) is 8.73. The Bertz CT molecular complexity index is 296. The number of hydrogen-bond donors (Lipinski definition) is 1. The summed E-state index contributed by atoms with van der Waals surface area (Å²) in [7, 11) is 2.23. The lowest BCUT2D eigenvalue weighted by Crippen LogP contribution is -2.64. The molecule has 0 amide bonds. The Labute approximate surface area is 111 Å². The molecule has 0 radical (unpaired) electrons. The number of likely N-dealkylation sites (N-methyl/N-ethyl adjacent to an activating group) is 1. The molecule has 0 aromatic rings. The zero-order valence-electron chi connectivity index (χ0n) is 11.8. The topological polar surface area (TPSA) is 35.7 Å². The molecule has 0 spiro atoms. The van der Waals surface area contributed by atoms with Gasteiger partial charge in [0.25, 0.3) is 0 Å². The summed E-state index contributed by atoms with van der Waals surface area (Å²) in [4.78, 5) is 7.88. The van der Waals surface area contributed by atoms with Gasteiger partial charge in [-0.05, 0) is 39.4 Å². The minimum absolute atomic E-state index is 0.276. The van der Waals surface area contributed by atoms with Crippen LogP contribution in [0, 0.1) is 0 Å². The average Bonchev–Trinajstić information content (AvgIpc) is 2.81. The maximum absolute atomic E-state index is 6.15. The van der Waals surface area contributed by atoms with Crippen LogP contribution in [0.5, 0.6) is 0 Å². The number of piperidine rings is 1. The second kappa shape index (κ2) is 5.08. The van der Waals surface area contributed by atoms with Crippen molar-refractivity contribution in [3.05, 3.63) is 0 Å². The van der Waals surface area contributed by atoms with Crippen LogP contribution in [-0.4, -0.2) is 79.1 Å². The van der Waals surface area contributed by atoms with Crippen LogP contribution in [0.25, 0.3) is 0 Å². The van der Waals surface area contributed by atoms with Gasteiger partial charge in [-0.3, -0.25) is 9.80 Å². The highest BCUT2D eigenvalue weighted by Gasteiger charge is 2.43. The highest BCUT2D eigenvalue weighted by atomic mass is 15.4. The van der Waals surface area contributed by atoms with Crippen LogP contribution < -0.4 is 5.73 Å². The van der Waals surface area contributed by atoms with Gasteiger partial charge in [-0.2, -0.15) is 0 Å². The number of piperazine rings is 1. The van der Waals surface area contributed by atoms with Gasteiger partial charge in [0.15, 0.2) is 0 Å². The zero-order valence-corrected chi connectivity index (χ0v) is 11.8. The summed E-state index contributed by atoms with van der Waals surface area (Å²) in [5.74, 6) is 0. The van der Waals surface area contributed by atoms with Crippen LogP contribution in [0.15, 0.2) is 0 Å². The van der Waals surface area contributed by atoms with Gasteiger partial charge in [0, 0.05) is 44.3 Å². The van der Waals surface area contributed by atoms with E-state index in [0.717, 1.165) is 19.1 Å². The highest BCUT2D eigenvalue weighted by molar-refractivity contribution is 5.02. The molecule has 3 heterocycles. The lowest BCUT2D eigenvalue weighted by atomic mass is 9.91. The van der Waals surface area contributed by atoms with Crippen LogP contribution >= 0.6 is 0 Å². The lowest BCUT2D eigenvalue weighted by molar-refractivity contribution is -0.00674. The largest absolute Gasteiger partial charge is 0.329 e. The predicted molar refractivity (Wildman–Crippen MR) is 74.7 cm³/mol. The maximum atomic E-state index is 6.15. The van der Waals surface area contributed by atoms with E-state index in [0.29, 0.717) is 0 Å². The Morgan fingerprint density at radius 2 is 2.06 bits per heavy atom. The second-order valence-corrected chi connectivity index (χ2v) is 6.55. The molecule has 4 nitrogen and oxygen atoms in total. The molecule has 0 saturated carbocycles. The van der Waals surface area contributed by atoms with E-state index in [-0.39, 0.29) is 5.54 Å². The van der Waals surface area contributed by atoms with Crippen molar-refractivity contribution in [3.63, 3.8) is 0 Å². The fraction of sp³-hybridized carbons (Fsp3) is 1.00. The van der Waals surface area contributed by atoms with Crippen molar-refractivity contribution in [1.29, 1.82) is 0 Å². The van der Waals surface area contributed by atoms with Crippen LogP contribution in [-0.2, 0) is 0 Å². The molecule has 3 fully saturated rings. The summed E-state index contributed by atoms with van der Waals surface area (Å²) < 4.78 is 0.